The van der Waals surface area contributed by atoms with E-state index in [0.717, 1.165) is 11.1 Å². The molecule has 0 saturated carbocycles. The summed E-state index contributed by atoms with van der Waals surface area (Å²) in [7, 11) is -3.77. The van der Waals surface area contributed by atoms with E-state index in [4.69, 9.17) is 0 Å². The fourth-order valence-corrected chi connectivity index (χ4v) is 4.25. The van der Waals surface area contributed by atoms with Crippen molar-refractivity contribution in [2.24, 2.45) is 0 Å². The number of fused-ring (bicyclic) bond motifs is 1. The van der Waals surface area contributed by atoms with Gasteiger partial charge in [-0.1, -0.05) is 24.3 Å². The van der Waals surface area contributed by atoms with Crippen LogP contribution in [0.15, 0.2) is 52.2 Å². The van der Waals surface area contributed by atoms with Crippen molar-refractivity contribution in [1.82, 2.24) is 25.4 Å². The molecule has 0 spiro atoms. The second-order valence-electron chi connectivity index (χ2n) is 7.41. The number of rotatable bonds is 7. The summed E-state index contributed by atoms with van der Waals surface area (Å²) in [4.78, 5) is 37.2. The lowest BCUT2D eigenvalue weighted by Gasteiger charge is -2.11. The van der Waals surface area contributed by atoms with Gasteiger partial charge in [-0.05, 0) is 50.1 Å². The molecular weight excluding hydrogens is 446 g/mol. The summed E-state index contributed by atoms with van der Waals surface area (Å²) in [5.74, 6) is -1.29. The molecule has 11 heteroatoms. The first kappa shape index (κ1) is 24.1. The third kappa shape index (κ3) is 5.44. The average Bonchev–Trinajstić information content (AvgIpc) is 2.79. The molecule has 0 atom stereocenters. The summed E-state index contributed by atoms with van der Waals surface area (Å²) < 4.78 is 28.3. The number of amides is 2. The molecule has 33 heavy (non-hydrogen) atoms. The maximum absolute atomic E-state index is 12.6. The van der Waals surface area contributed by atoms with Gasteiger partial charge in [-0.2, -0.15) is 5.10 Å². The molecule has 3 rings (SSSR count). The van der Waals surface area contributed by atoms with Crippen LogP contribution in [-0.4, -0.2) is 36.6 Å². The van der Waals surface area contributed by atoms with Crippen molar-refractivity contribution in [2.75, 3.05) is 6.54 Å². The Bertz CT molecular complexity index is 1380. The molecule has 10 nitrogen and oxygen atoms in total. The molecule has 0 fully saturated rings. The highest BCUT2D eigenvalue weighted by Gasteiger charge is 2.18. The van der Waals surface area contributed by atoms with Gasteiger partial charge in [0.1, 0.15) is 0 Å². The van der Waals surface area contributed by atoms with Gasteiger partial charge in [-0.15, -0.1) is 0 Å². The molecule has 0 aliphatic heterocycles. The van der Waals surface area contributed by atoms with Gasteiger partial charge in [0.2, 0.25) is 15.9 Å². The van der Waals surface area contributed by atoms with Crippen molar-refractivity contribution in [2.45, 2.75) is 38.6 Å². The number of aryl methyl sites for hydroxylation is 3. The number of carbonyl (C=O) groups is 2. The first-order valence-electron chi connectivity index (χ1n) is 10.3. The maximum Gasteiger partial charge on any atom is 0.290 e. The molecule has 0 saturated heterocycles. The van der Waals surface area contributed by atoms with Crippen LogP contribution in [0.5, 0.6) is 0 Å². The number of aromatic nitrogens is 2. The second-order valence-corrected chi connectivity index (χ2v) is 9.18. The largest absolute Gasteiger partial charge is 0.290 e. The zero-order chi connectivity index (χ0) is 24.2. The maximum atomic E-state index is 12.6. The van der Waals surface area contributed by atoms with Crippen LogP contribution in [-0.2, 0) is 21.4 Å². The normalized spacial score (nSPS) is 11.4. The Morgan fingerprint density at radius 2 is 1.70 bits per heavy atom. The van der Waals surface area contributed by atoms with Crippen LogP contribution in [0.1, 0.15) is 35.0 Å². The summed E-state index contributed by atoms with van der Waals surface area (Å²) in [5, 5.41) is 4.79. The molecule has 2 aromatic carbocycles. The molecule has 0 bridgehead atoms. The number of nitrogens with one attached hydrogen (secondary N) is 3. The summed E-state index contributed by atoms with van der Waals surface area (Å²) >= 11 is 0. The summed E-state index contributed by atoms with van der Waals surface area (Å²) in [6.45, 7) is 5.55. The van der Waals surface area contributed by atoms with E-state index in [-0.39, 0.29) is 35.7 Å². The first-order valence-corrected chi connectivity index (χ1v) is 11.8. The molecule has 3 N–H and O–H groups in total. The number of hydrogen-bond donors (Lipinski definition) is 3. The zero-order valence-corrected chi connectivity index (χ0v) is 19.3. The fourth-order valence-electron chi connectivity index (χ4n) is 3.13. The van der Waals surface area contributed by atoms with Crippen LogP contribution in [0.25, 0.3) is 10.8 Å². The second kappa shape index (κ2) is 9.92. The van der Waals surface area contributed by atoms with Crippen LogP contribution < -0.4 is 21.1 Å². The minimum atomic E-state index is -3.77. The SMILES string of the molecule is CCn1nc(C(=O)NNC(=O)CCNS(=O)(=O)c2ccc(C)c(C)c2)c2ccccc2c1=O. The predicted molar refractivity (Wildman–Crippen MR) is 123 cm³/mol. The lowest BCUT2D eigenvalue weighted by atomic mass is 10.1. The third-order valence-corrected chi connectivity index (χ3v) is 6.59. The molecule has 1 aromatic heterocycles. The minimum Gasteiger partial charge on any atom is -0.273 e. The van der Waals surface area contributed by atoms with E-state index in [2.05, 4.69) is 20.7 Å². The Morgan fingerprint density at radius 1 is 1.00 bits per heavy atom. The lowest BCUT2D eigenvalue weighted by Crippen LogP contribution is -2.43. The summed E-state index contributed by atoms with van der Waals surface area (Å²) in [6.07, 6.45) is -0.201. The van der Waals surface area contributed by atoms with Crippen molar-refractivity contribution in [3.05, 3.63) is 69.6 Å². The molecule has 0 unspecified atom stereocenters. The molecule has 0 aliphatic carbocycles. The van der Waals surface area contributed by atoms with Crippen molar-refractivity contribution in [3.8, 4) is 0 Å². The quantitative estimate of drug-likeness (QED) is 0.442. The van der Waals surface area contributed by atoms with Crippen LogP contribution >= 0.6 is 0 Å². The van der Waals surface area contributed by atoms with Gasteiger partial charge in [0.05, 0.1) is 10.3 Å². The minimum absolute atomic E-state index is 0.0113. The zero-order valence-electron chi connectivity index (χ0n) is 18.5. The van der Waals surface area contributed by atoms with Crippen LogP contribution in [0, 0.1) is 13.8 Å². The number of sulfonamides is 1. The first-order chi connectivity index (χ1) is 15.6. The van der Waals surface area contributed by atoms with Crippen molar-refractivity contribution in [3.63, 3.8) is 0 Å². The van der Waals surface area contributed by atoms with E-state index in [1.165, 1.54) is 10.7 Å². The van der Waals surface area contributed by atoms with Gasteiger partial charge in [0.25, 0.3) is 11.5 Å². The highest BCUT2D eigenvalue weighted by atomic mass is 32.2. The van der Waals surface area contributed by atoms with E-state index in [1.807, 2.05) is 13.8 Å². The Hall–Kier alpha value is -3.57. The van der Waals surface area contributed by atoms with Crippen molar-refractivity contribution in [1.29, 1.82) is 0 Å². The van der Waals surface area contributed by atoms with Crippen molar-refractivity contribution >= 4 is 32.6 Å². The molecule has 0 aliphatic rings. The number of hydrogen-bond acceptors (Lipinski definition) is 6. The number of benzene rings is 2. The monoisotopic (exact) mass is 471 g/mol. The van der Waals surface area contributed by atoms with Gasteiger partial charge in [0, 0.05) is 24.9 Å². The molecule has 3 aromatic rings. The highest BCUT2D eigenvalue weighted by Crippen LogP contribution is 2.15. The smallest absolute Gasteiger partial charge is 0.273 e. The standard InChI is InChI=1S/C22H25N5O5S/c1-4-27-22(30)18-8-6-5-7-17(18)20(26-27)21(29)25-24-19(28)11-12-23-33(31,32)16-10-9-14(2)15(3)13-16/h5-10,13,23H,4,11-12H2,1-3H3,(H,24,28)(H,25,29). The number of nitrogens with zero attached hydrogens (tertiary/aromatic N) is 2. The Morgan fingerprint density at radius 3 is 2.36 bits per heavy atom. The highest BCUT2D eigenvalue weighted by molar-refractivity contribution is 7.89. The summed E-state index contributed by atoms with van der Waals surface area (Å²) in [6, 6.07) is 11.3. The number of hydrazine groups is 1. The average molecular weight is 472 g/mol. The molecule has 1 heterocycles. The third-order valence-electron chi connectivity index (χ3n) is 5.13. The van der Waals surface area contributed by atoms with Crippen LogP contribution in [0.4, 0.5) is 0 Å². The molecular formula is C22H25N5O5S. The van der Waals surface area contributed by atoms with Crippen LogP contribution in [0.2, 0.25) is 0 Å². The van der Waals surface area contributed by atoms with Gasteiger partial charge in [0.15, 0.2) is 5.69 Å². The van der Waals surface area contributed by atoms with Gasteiger partial charge in [-0.25, -0.2) is 17.8 Å². The fraction of sp³-hybridized carbons (Fsp3) is 0.273. The Labute approximate surface area is 191 Å². The van der Waals surface area contributed by atoms with E-state index in [9.17, 15) is 22.8 Å². The number of carbonyl (C=O) groups excluding carboxylic acids is 2. The van der Waals surface area contributed by atoms with E-state index >= 15 is 0 Å². The van der Waals surface area contributed by atoms with Gasteiger partial charge in [-0.3, -0.25) is 25.2 Å². The van der Waals surface area contributed by atoms with E-state index < -0.39 is 21.8 Å². The summed E-state index contributed by atoms with van der Waals surface area (Å²) in [5.41, 5.74) is 5.99. The topological polar surface area (TPSA) is 139 Å². The Kier molecular flexibility index (Phi) is 7.24. The molecule has 2 amide bonds. The van der Waals surface area contributed by atoms with E-state index in [0.29, 0.717) is 10.8 Å². The lowest BCUT2D eigenvalue weighted by molar-refractivity contribution is -0.121. The van der Waals surface area contributed by atoms with Gasteiger partial charge >= 0.3 is 0 Å². The van der Waals surface area contributed by atoms with E-state index in [1.54, 1.807) is 43.3 Å². The van der Waals surface area contributed by atoms with Crippen LogP contribution in [0.3, 0.4) is 0 Å². The van der Waals surface area contributed by atoms with Crippen molar-refractivity contribution < 1.29 is 18.0 Å². The predicted octanol–water partition coefficient (Wildman–Crippen LogP) is 1.16. The molecule has 174 valence electrons. The molecule has 0 radical (unpaired) electrons. The van der Waals surface area contributed by atoms with Gasteiger partial charge < -0.3 is 0 Å². The Balaban J connectivity index is 1.60.